The molecular formula is C37H78O4S2. The summed E-state index contributed by atoms with van der Waals surface area (Å²) in [5, 5.41) is 0. The van der Waals surface area contributed by atoms with Gasteiger partial charge in [-0.05, 0) is 36.6 Å². The van der Waals surface area contributed by atoms with E-state index in [0.29, 0.717) is 10.9 Å². The minimum absolute atomic E-state index is 0.695. The normalized spacial score (nSPS) is 11.7. The van der Waals surface area contributed by atoms with E-state index in [1.807, 2.05) is 0 Å². The first-order chi connectivity index (χ1) is 20.8. The Bertz CT molecular complexity index is 553. The van der Waals surface area contributed by atoms with Gasteiger partial charge in [0.05, 0.1) is 6.26 Å². The Hall–Kier alpha value is 0.220. The first kappa shape index (κ1) is 45.3. The van der Waals surface area contributed by atoms with Crippen molar-refractivity contribution in [2.45, 2.75) is 219 Å². The Morgan fingerprint density at radius 3 is 0.698 bits per heavy atom. The zero-order valence-corrected chi connectivity index (χ0v) is 31.2. The Morgan fingerprint density at radius 1 is 0.395 bits per heavy atom. The van der Waals surface area contributed by atoms with E-state index in [0.717, 1.165) is 0 Å². The van der Waals surface area contributed by atoms with Gasteiger partial charge in [0, 0.05) is 0 Å². The van der Waals surface area contributed by atoms with Gasteiger partial charge in [-0.15, -0.1) is 0 Å². The molecule has 0 heterocycles. The summed E-state index contributed by atoms with van der Waals surface area (Å²) in [5.41, 5.74) is 0. The van der Waals surface area contributed by atoms with E-state index in [1.165, 1.54) is 217 Å². The molecule has 0 aliphatic rings. The van der Waals surface area contributed by atoms with Crippen LogP contribution in [0.15, 0.2) is 0 Å². The molecule has 0 atom stereocenters. The van der Waals surface area contributed by atoms with E-state index in [4.69, 9.17) is 17.5 Å². The van der Waals surface area contributed by atoms with Crippen LogP contribution in [0, 0.1) is 0 Å². The van der Waals surface area contributed by atoms with Crippen molar-refractivity contribution in [3.05, 3.63) is 0 Å². The number of hydrogen-bond donors (Lipinski definition) is 1. The van der Waals surface area contributed by atoms with Crippen LogP contribution in [-0.2, 0) is 21.3 Å². The Morgan fingerprint density at radius 2 is 0.535 bits per heavy atom. The molecule has 43 heavy (non-hydrogen) atoms. The summed E-state index contributed by atoms with van der Waals surface area (Å²) >= 11 is 0. The van der Waals surface area contributed by atoms with Crippen LogP contribution in [0.25, 0.3) is 0 Å². The lowest BCUT2D eigenvalue weighted by molar-refractivity contribution is 0.366. The molecule has 0 radical (unpaired) electrons. The quantitative estimate of drug-likeness (QED) is 0.0325. The lowest BCUT2D eigenvalue weighted by Crippen LogP contribution is -2.10. The van der Waals surface area contributed by atoms with Gasteiger partial charge in [-0.3, -0.25) is 4.55 Å². The van der Waals surface area contributed by atoms with E-state index in [2.05, 4.69) is 20.1 Å². The summed E-state index contributed by atoms with van der Waals surface area (Å²) in [6, 6.07) is 0. The number of unbranched alkanes of at least 4 members (excludes halogenated alkanes) is 30. The third-order valence-corrected chi connectivity index (χ3v) is 10.7. The van der Waals surface area contributed by atoms with Gasteiger partial charge in [-0.25, -0.2) is 8.42 Å². The fourth-order valence-corrected chi connectivity index (χ4v) is 7.49. The Kier molecular flexibility index (Phi) is 40.5. The van der Waals surface area contributed by atoms with Gasteiger partial charge in [0.2, 0.25) is 10.4 Å². The molecule has 0 saturated heterocycles. The second-order valence-corrected chi connectivity index (χ2v) is 16.5. The average Bonchev–Trinajstić information content (AvgIpc) is 2.96. The lowest BCUT2D eigenvalue weighted by atomic mass is 10.0. The summed E-state index contributed by atoms with van der Waals surface area (Å²) in [5.74, 6) is 3.02. The zero-order valence-electron chi connectivity index (χ0n) is 29.5. The van der Waals surface area contributed by atoms with Crippen molar-refractivity contribution in [1.29, 1.82) is 0 Å². The molecule has 0 aromatic rings. The average molecular weight is 651 g/mol. The van der Waals surface area contributed by atoms with Crippen molar-refractivity contribution in [3.63, 3.8) is 0 Å². The van der Waals surface area contributed by atoms with Crippen LogP contribution < -0.4 is 0 Å². The van der Waals surface area contributed by atoms with Crippen molar-refractivity contribution >= 4 is 21.3 Å². The SMILES string of the molecule is CCCCCCCCCCCCCCCCCC[S+](C)CCCCCCCCCCCCCCCCCC.O=S(=O)([O-])O. The second-order valence-electron chi connectivity index (χ2n) is 13.2. The van der Waals surface area contributed by atoms with Gasteiger partial charge in [-0.2, -0.15) is 0 Å². The van der Waals surface area contributed by atoms with Crippen molar-refractivity contribution < 1.29 is 17.5 Å². The summed E-state index contributed by atoms with van der Waals surface area (Å²) in [4.78, 5) is 0. The molecule has 0 rings (SSSR count). The molecular weight excluding hydrogens is 573 g/mol. The maximum Gasteiger partial charge on any atom is 0.215 e. The van der Waals surface area contributed by atoms with Gasteiger partial charge in [0.1, 0.15) is 11.5 Å². The van der Waals surface area contributed by atoms with Crippen LogP contribution in [-0.4, -0.2) is 35.3 Å². The van der Waals surface area contributed by atoms with E-state index in [9.17, 15) is 0 Å². The summed E-state index contributed by atoms with van der Waals surface area (Å²) < 4.78 is 32.8. The third kappa shape index (κ3) is 52.1. The topological polar surface area (TPSA) is 77.4 Å². The summed E-state index contributed by atoms with van der Waals surface area (Å²) in [7, 11) is -4.22. The van der Waals surface area contributed by atoms with Crippen LogP contribution >= 0.6 is 0 Å². The van der Waals surface area contributed by atoms with Crippen molar-refractivity contribution in [2.75, 3.05) is 17.8 Å². The predicted molar refractivity (Wildman–Crippen MR) is 194 cm³/mol. The highest BCUT2D eigenvalue weighted by atomic mass is 32.3. The van der Waals surface area contributed by atoms with E-state index in [1.54, 1.807) is 0 Å². The first-order valence-electron chi connectivity index (χ1n) is 19.1. The van der Waals surface area contributed by atoms with E-state index < -0.39 is 10.4 Å². The Labute approximate surface area is 275 Å². The molecule has 0 aliphatic carbocycles. The van der Waals surface area contributed by atoms with Gasteiger partial charge < -0.3 is 4.55 Å². The van der Waals surface area contributed by atoms with Crippen molar-refractivity contribution in [3.8, 4) is 0 Å². The lowest BCUT2D eigenvalue weighted by Gasteiger charge is -2.05. The molecule has 0 aromatic carbocycles. The smallest absolute Gasteiger partial charge is 0.215 e. The summed E-state index contributed by atoms with van der Waals surface area (Å²) in [6.45, 7) is 4.62. The van der Waals surface area contributed by atoms with E-state index >= 15 is 0 Å². The second kappa shape index (κ2) is 38.4. The molecule has 0 amide bonds. The Balaban J connectivity index is 0. The van der Waals surface area contributed by atoms with Gasteiger partial charge in [0.15, 0.2) is 0 Å². The number of hydrogen-bond acceptors (Lipinski definition) is 3. The standard InChI is InChI=1S/C37H77S.H2O4S/c1-4-6-8-10-12-14-16-18-20-22-24-26-28-30-32-34-36-38(3)37-35-33-31-29-27-25-23-21-19-17-15-13-11-9-7-5-2;1-5(2,3)4/h4-37H2,1-3H3;(H2,1,2,3,4)/q+1;/p-1. The fourth-order valence-electron chi connectivity index (χ4n) is 5.90. The highest BCUT2D eigenvalue weighted by Gasteiger charge is 2.09. The predicted octanol–water partition coefficient (Wildman–Crippen LogP) is 12.8. The van der Waals surface area contributed by atoms with Gasteiger partial charge in [0.25, 0.3) is 0 Å². The van der Waals surface area contributed by atoms with Crippen LogP contribution in [0.2, 0.25) is 0 Å². The monoisotopic (exact) mass is 651 g/mol. The number of rotatable bonds is 34. The van der Waals surface area contributed by atoms with Crippen LogP contribution in [0.5, 0.6) is 0 Å². The minimum atomic E-state index is -4.92. The molecule has 0 aliphatic heterocycles. The van der Waals surface area contributed by atoms with E-state index in [-0.39, 0.29) is 0 Å². The fraction of sp³-hybridized carbons (Fsp3) is 1.00. The highest BCUT2D eigenvalue weighted by molar-refractivity contribution is 7.96. The van der Waals surface area contributed by atoms with Crippen molar-refractivity contribution in [2.24, 2.45) is 0 Å². The molecule has 0 bridgehead atoms. The minimum Gasteiger partial charge on any atom is -0.726 e. The van der Waals surface area contributed by atoms with Crippen LogP contribution in [0.4, 0.5) is 0 Å². The maximum atomic E-state index is 8.63. The largest absolute Gasteiger partial charge is 0.726 e. The molecule has 0 aromatic heterocycles. The molecule has 0 fully saturated rings. The molecule has 6 heteroatoms. The maximum absolute atomic E-state index is 8.63. The molecule has 0 spiro atoms. The zero-order chi connectivity index (χ0) is 32.1. The molecule has 262 valence electrons. The van der Waals surface area contributed by atoms with Crippen LogP contribution in [0.1, 0.15) is 219 Å². The van der Waals surface area contributed by atoms with Gasteiger partial charge in [-0.1, -0.05) is 194 Å². The first-order valence-corrected chi connectivity index (χ1v) is 22.4. The third-order valence-electron chi connectivity index (χ3n) is 8.69. The van der Waals surface area contributed by atoms with Crippen LogP contribution in [0.3, 0.4) is 0 Å². The molecule has 0 unspecified atom stereocenters. The molecule has 4 nitrogen and oxygen atoms in total. The molecule has 0 saturated carbocycles. The van der Waals surface area contributed by atoms with Crippen molar-refractivity contribution in [1.82, 2.24) is 0 Å². The summed E-state index contributed by atoms with van der Waals surface area (Å²) in [6.07, 6.45) is 49.9. The molecule has 1 N–H and O–H groups in total. The van der Waals surface area contributed by atoms with Gasteiger partial charge >= 0.3 is 0 Å². The highest BCUT2D eigenvalue weighted by Crippen LogP contribution is 2.16.